The molecule has 86 valence electrons. The molecule has 2 heterocycles. The second kappa shape index (κ2) is 5.07. The number of hydrogen-bond donors (Lipinski definition) is 2. The van der Waals surface area contributed by atoms with Crippen molar-refractivity contribution in [2.45, 2.75) is 6.54 Å². The number of pyridine rings is 2. The molecule has 0 unspecified atom stereocenters. The molecule has 0 aliphatic rings. The first-order chi connectivity index (χ1) is 8.27. The van der Waals surface area contributed by atoms with Gasteiger partial charge in [-0.05, 0) is 18.2 Å². The van der Waals surface area contributed by atoms with Crippen LogP contribution < -0.4 is 11.1 Å². The minimum absolute atomic E-state index is 0.226. The first-order valence-corrected chi connectivity index (χ1v) is 5.15. The molecule has 2 rings (SSSR count). The number of amides is 1. The van der Waals surface area contributed by atoms with E-state index >= 15 is 0 Å². The summed E-state index contributed by atoms with van der Waals surface area (Å²) in [7, 11) is 0. The maximum Gasteiger partial charge on any atom is 0.253 e. The first kappa shape index (κ1) is 11.1. The zero-order valence-electron chi connectivity index (χ0n) is 9.13. The standard InChI is InChI=1S/C12H12N4O/c13-11-8-14-6-4-10(11)12(17)16-7-9-3-1-2-5-15-9/h1-6,8H,7,13H2,(H,16,17). The van der Waals surface area contributed by atoms with Gasteiger partial charge in [-0.2, -0.15) is 0 Å². The van der Waals surface area contributed by atoms with Crippen molar-refractivity contribution in [3.8, 4) is 0 Å². The lowest BCUT2D eigenvalue weighted by Gasteiger charge is -2.06. The first-order valence-electron chi connectivity index (χ1n) is 5.15. The molecule has 17 heavy (non-hydrogen) atoms. The molecular formula is C12H12N4O. The smallest absolute Gasteiger partial charge is 0.253 e. The van der Waals surface area contributed by atoms with Gasteiger partial charge in [0.15, 0.2) is 0 Å². The molecule has 1 amide bonds. The normalized spacial score (nSPS) is 9.88. The summed E-state index contributed by atoms with van der Waals surface area (Å²) in [6.07, 6.45) is 4.67. The molecule has 0 aliphatic heterocycles. The minimum Gasteiger partial charge on any atom is -0.397 e. The summed E-state index contributed by atoms with van der Waals surface area (Å²) in [5, 5.41) is 2.75. The van der Waals surface area contributed by atoms with E-state index in [9.17, 15) is 4.79 Å². The van der Waals surface area contributed by atoms with Gasteiger partial charge < -0.3 is 11.1 Å². The second-order valence-corrected chi connectivity index (χ2v) is 3.47. The van der Waals surface area contributed by atoms with Crippen LogP contribution in [0.5, 0.6) is 0 Å². The Labute approximate surface area is 98.7 Å². The Morgan fingerprint density at radius 1 is 1.29 bits per heavy atom. The van der Waals surface area contributed by atoms with Crippen molar-refractivity contribution in [1.29, 1.82) is 0 Å². The third-order valence-electron chi connectivity index (χ3n) is 2.25. The van der Waals surface area contributed by atoms with Crippen LogP contribution in [0, 0.1) is 0 Å². The van der Waals surface area contributed by atoms with Crippen LogP contribution in [0.25, 0.3) is 0 Å². The Bertz CT molecular complexity index is 513. The van der Waals surface area contributed by atoms with Gasteiger partial charge in [-0.15, -0.1) is 0 Å². The summed E-state index contributed by atoms with van der Waals surface area (Å²) < 4.78 is 0. The van der Waals surface area contributed by atoms with Crippen molar-refractivity contribution in [1.82, 2.24) is 15.3 Å². The Morgan fingerprint density at radius 3 is 2.88 bits per heavy atom. The van der Waals surface area contributed by atoms with E-state index in [0.29, 0.717) is 17.8 Å². The SMILES string of the molecule is Nc1cnccc1C(=O)NCc1ccccn1. The third kappa shape index (κ3) is 2.78. The van der Waals surface area contributed by atoms with Crippen molar-refractivity contribution in [2.24, 2.45) is 0 Å². The minimum atomic E-state index is -0.226. The van der Waals surface area contributed by atoms with Crippen molar-refractivity contribution < 1.29 is 4.79 Å². The molecular weight excluding hydrogens is 216 g/mol. The van der Waals surface area contributed by atoms with Crippen LogP contribution in [-0.4, -0.2) is 15.9 Å². The van der Waals surface area contributed by atoms with Gasteiger partial charge in [-0.3, -0.25) is 14.8 Å². The molecule has 0 bridgehead atoms. The molecule has 5 heteroatoms. The summed E-state index contributed by atoms with van der Waals surface area (Å²) >= 11 is 0. The fraction of sp³-hybridized carbons (Fsp3) is 0.0833. The number of carbonyl (C=O) groups excluding carboxylic acids is 1. The number of rotatable bonds is 3. The number of carbonyl (C=O) groups is 1. The predicted octanol–water partition coefficient (Wildman–Crippen LogP) is 0.989. The lowest BCUT2D eigenvalue weighted by molar-refractivity contribution is 0.0951. The van der Waals surface area contributed by atoms with Crippen molar-refractivity contribution in [3.63, 3.8) is 0 Å². The van der Waals surface area contributed by atoms with Gasteiger partial charge in [-0.25, -0.2) is 0 Å². The Hall–Kier alpha value is -2.43. The molecule has 2 aromatic heterocycles. The van der Waals surface area contributed by atoms with Crippen LogP contribution in [0.3, 0.4) is 0 Å². The molecule has 0 saturated heterocycles. The summed E-state index contributed by atoms with van der Waals surface area (Å²) in [6, 6.07) is 7.13. The molecule has 5 nitrogen and oxygen atoms in total. The number of nitrogens with two attached hydrogens (primary N) is 1. The summed E-state index contributed by atoms with van der Waals surface area (Å²) in [6.45, 7) is 0.376. The van der Waals surface area contributed by atoms with Crippen molar-refractivity contribution in [2.75, 3.05) is 5.73 Å². The highest BCUT2D eigenvalue weighted by atomic mass is 16.1. The zero-order chi connectivity index (χ0) is 12.1. The maximum atomic E-state index is 11.8. The number of anilines is 1. The Kier molecular flexibility index (Phi) is 3.30. The topological polar surface area (TPSA) is 80.9 Å². The van der Waals surface area contributed by atoms with Crippen LogP contribution in [-0.2, 0) is 6.54 Å². The summed E-state index contributed by atoms with van der Waals surface area (Å²) in [5.74, 6) is -0.226. The number of aromatic nitrogens is 2. The predicted molar refractivity (Wildman–Crippen MR) is 64.1 cm³/mol. The quantitative estimate of drug-likeness (QED) is 0.820. The number of nitrogens with one attached hydrogen (secondary N) is 1. The van der Waals surface area contributed by atoms with Crippen molar-refractivity contribution in [3.05, 3.63) is 54.1 Å². The third-order valence-corrected chi connectivity index (χ3v) is 2.25. The maximum absolute atomic E-state index is 11.8. The van der Waals surface area contributed by atoms with E-state index in [1.807, 2.05) is 18.2 Å². The fourth-order valence-electron chi connectivity index (χ4n) is 1.38. The average molecular weight is 228 g/mol. The van der Waals surface area contributed by atoms with E-state index in [-0.39, 0.29) is 5.91 Å². The molecule has 2 aromatic rings. The lowest BCUT2D eigenvalue weighted by Crippen LogP contribution is -2.24. The molecule has 0 fully saturated rings. The van der Waals surface area contributed by atoms with Gasteiger partial charge >= 0.3 is 0 Å². The van der Waals surface area contributed by atoms with E-state index in [0.717, 1.165) is 5.69 Å². The highest BCUT2D eigenvalue weighted by molar-refractivity contribution is 5.98. The van der Waals surface area contributed by atoms with Crippen molar-refractivity contribution >= 4 is 11.6 Å². The molecule has 0 spiro atoms. The van der Waals surface area contributed by atoms with E-state index in [1.165, 1.54) is 12.4 Å². The van der Waals surface area contributed by atoms with E-state index in [1.54, 1.807) is 12.3 Å². The lowest BCUT2D eigenvalue weighted by atomic mass is 10.2. The Morgan fingerprint density at radius 2 is 2.18 bits per heavy atom. The molecule has 0 saturated carbocycles. The zero-order valence-corrected chi connectivity index (χ0v) is 9.13. The van der Waals surface area contributed by atoms with Gasteiger partial charge in [0.25, 0.3) is 5.91 Å². The molecule has 0 atom stereocenters. The van der Waals surface area contributed by atoms with E-state index in [2.05, 4.69) is 15.3 Å². The van der Waals surface area contributed by atoms with Crippen LogP contribution in [0.2, 0.25) is 0 Å². The average Bonchev–Trinajstić information content (AvgIpc) is 2.38. The van der Waals surface area contributed by atoms with Crippen LogP contribution >= 0.6 is 0 Å². The van der Waals surface area contributed by atoms with E-state index < -0.39 is 0 Å². The van der Waals surface area contributed by atoms with Gasteiger partial charge in [-0.1, -0.05) is 6.07 Å². The molecule has 3 N–H and O–H groups in total. The fourth-order valence-corrected chi connectivity index (χ4v) is 1.38. The summed E-state index contributed by atoms with van der Waals surface area (Å²) in [5.41, 5.74) is 7.24. The molecule has 0 aromatic carbocycles. The van der Waals surface area contributed by atoms with Crippen LogP contribution in [0.1, 0.15) is 16.1 Å². The van der Waals surface area contributed by atoms with Gasteiger partial charge in [0, 0.05) is 12.4 Å². The monoisotopic (exact) mass is 228 g/mol. The van der Waals surface area contributed by atoms with E-state index in [4.69, 9.17) is 5.73 Å². The second-order valence-electron chi connectivity index (χ2n) is 3.47. The van der Waals surface area contributed by atoms with Crippen LogP contribution in [0.4, 0.5) is 5.69 Å². The Balaban J connectivity index is 2.01. The van der Waals surface area contributed by atoms with Gasteiger partial charge in [0.05, 0.1) is 29.7 Å². The molecule has 0 aliphatic carbocycles. The number of hydrogen-bond acceptors (Lipinski definition) is 4. The molecule has 0 radical (unpaired) electrons. The van der Waals surface area contributed by atoms with Gasteiger partial charge in [0.1, 0.15) is 0 Å². The highest BCUT2D eigenvalue weighted by Crippen LogP contribution is 2.08. The van der Waals surface area contributed by atoms with Crippen LogP contribution in [0.15, 0.2) is 42.9 Å². The number of nitrogen functional groups attached to an aromatic ring is 1. The van der Waals surface area contributed by atoms with Gasteiger partial charge in [0.2, 0.25) is 0 Å². The highest BCUT2D eigenvalue weighted by Gasteiger charge is 2.08. The largest absolute Gasteiger partial charge is 0.397 e. The number of nitrogens with zero attached hydrogens (tertiary/aromatic N) is 2. The summed E-state index contributed by atoms with van der Waals surface area (Å²) in [4.78, 5) is 19.7.